The first-order chi connectivity index (χ1) is 8.88. The predicted molar refractivity (Wildman–Crippen MR) is 72.5 cm³/mol. The van der Waals surface area contributed by atoms with Crippen molar-refractivity contribution >= 4 is 11.9 Å². The zero-order valence-electron chi connectivity index (χ0n) is 12.3. The van der Waals surface area contributed by atoms with Crippen LogP contribution < -0.4 is 0 Å². The van der Waals surface area contributed by atoms with Crippen molar-refractivity contribution in [1.29, 1.82) is 0 Å². The van der Waals surface area contributed by atoms with Crippen molar-refractivity contribution in [2.45, 2.75) is 70.9 Å². The molecule has 0 radical (unpaired) electrons. The highest BCUT2D eigenvalue weighted by molar-refractivity contribution is 5.86. The Bertz CT molecular complexity index is 353. The third-order valence-electron chi connectivity index (χ3n) is 3.92. The Morgan fingerprint density at radius 2 is 1.68 bits per heavy atom. The van der Waals surface area contributed by atoms with E-state index in [1.54, 1.807) is 4.90 Å². The van der Waals surface area contributed by atoms with Gasteiger partial charge in [0.1, 0.15) is 11.6 Å². The van der Waals surface area contributed by atoms with Gasteiger partial charge in [-0.05, 0) is 46.5 Å². The maximum Gasteiger partial charge on any atom is 0.329 e. The normalized spacial score (nSPS) is 24.8. The smallest absolute Gasteiger partial charge is 0.329 e. The number of ether oxygens (including phenoxy) is 1. The van der Waals surface area contributed by atoms with Gasteiger partial charge < -0.3 is 9.64 Å². The summed E-state index contributed by atoms with van der Waals surface area (Å²) in [5.41, 5.74) is -0.484. The fraction of sp³-hybridized carbons (Fsp3) is 0.867. The van der Waals surface area contributed by atoms with Crippen molar-refractivity contribution in [2.24, 2.45) is 5.92 Å². The van der Waals surface area contributed by atoms with Crippen molar-refractivity contribution in [1.82, 2.24) is 4.90 Å². The fourth-order valence-electron chi connectivity index (χ4n) is 3.05. The van der Waals surface area contributed by atoms with Crippen LogP contribution in [0.4, 0.5) is 0 Å². The lowest BCUT2D eigenvalue weighted by Crippen LogP contribution is -2.45. The van der Waals surface area contributed by atoms with Gasteiger partial charge in [0.25, 0.3) is 0 Å². The molecule has 0 unspecified atom stereocenters. The summed E-state index contributed by atoms with van der Waals surface area (Å²) in [5, 5.41) is 0. The summed E-state index contributed by atoms with van der Waals surface area (Å²) in [7, 11) is 0. The number of carbonyl (C=O) groups is 2. The van der Waals surface area contributed by atoms with E-state index in [-0.39, 0.29) is 23.8 Å². The molecule has 1 amide bonds. The quantitative estimate of drug-likeness (QED) is 0.722. The summed E-state index contributed by atoms with van der Waals surface area (Å²) >= 11 is 0. The molecular formula is C15H25NO3. The van der Waals surface area contributed by atoms with Crippen LogP contribution >= 0.6 is 0 Å². The number of amides is 1. The second kappa shape index (κ2) is 5.51. The largest absolute Gasteiger partial charge is 0.458 e. The molecule has 108 valence electrons. The predicted octanol–water partition coefficient (Wildman–Crippen LogP) is 2.51. The molecule has 1 saturated heterocycles. The Balaban J connectivity index is 2.00. The second-order valence-corrected chi connectivity index (χ2v) is 6.70. The minimum absolute atomic E-state index is 0.142. The van der Waals surface area contributed by atoms with Gasteiger partial charge in [0.05, 0.1) is 0 Å². The molecule has 4 heteroatoms. The lowest BCUT2D eigenvalue weighted by atomic mass is 10.1. The molecule has 0 aromatic heterocycles. The Labute approximate surface area is 115 Å². The van der Waals surface area contributed by atoms with E-state index >= 15 is 0 Å². The van der Waals surface area contributed by atoms with Gasteiger partial charge in [-0.2, -0.15) is 0 Å². The highest BCUT2D eigenvalue weighted by Gasteiger charge is 2.39. The molecule has 1 aliphatic carbocycles. The van der Waals surface area contributed by atoms with E-state index < -0.39 is 5.60 Å². The van der Waals surface area contributed by atoms with Crippen LogP contribution in [0.5, 0.6) is 0 Å². The van der Waals surface area contributed by atoms with Crippen molar-refractivity contribution in [2.75, 3.05) is 6.54 Å². The van der Waals surface area contributed by atoms with E-state index in [0.29, 0.717) is 6.54 Å². The monoisotopic (exact) mass is 267 g/mol. The molecule has 2 rings (SSSR count). The summed E-state index contributed by atoms with van der Waals surface area (Å²) in [6.07, 6.45) is 5.89. The van der Waals surface area contributed by atoms with Gasteiger partial charge in [0.15, 0.2) is 0 Å². The first-order valence-electron chi connectivity index (χ1n) is 7.42. The lowest BCUT2D eigenvalue weighted by Gasteiger charge is -2.29. The van der Waals surface area contributed by atoms with Crippen molar-refractivity contribution in [3.8, 4) is 0 Å². The van der Waals surface area contributed by atoms with Crippen LogP contribution in [-0.2, 0) is 14.3 Å². The summed E-state index contributed by atoms with van der Waals surface area (Å²) in [6.45, 7) is 6.30. The number of carbonyl (C=O) groups excluding carboxylic acids is 2. The van der Waals surface area contributed by atoms with E-state index in [9.17, 15) is 9.59 Å². The van der Waals surface area contributed by atoms with Gasteiger partial charge in [0.2, 0.25) is 5.91 Å². The number of likely N-dealkylation sites (tertiary alicyclic amines) is 1. The maximum atomic E-state index is 12.4. The van der Waals surface area contributed by atoms with Gasteiger partial charge in [0, 0.05) is 12.5 Å². The van der Waals surface area contributed by atoms with Gasteiger partial charge in [-0.1, -0.05) is 12.8 Å². The molecule has 19 heavy (non-hydrogen) atoms. The Morgan fingerprint density at radius 3 is 2.26 bits per heavy atom. The maximum absolute atomic E-state index is 12.4. The molecule has 4 nitrogen and oxygen atoms in total. The standard InChI is InChI=1S/C15H25NO3/c1-15(2,3)19-14(18)12-9-6-10-16(12)13(17)11-7-4-5-8-11/h11-12H,4-10H2,1-3H3/t12-/m1/s1. The molecule has 1 saturated carbocycles. The summed E-state index contributed by atoms with van der Waals surface area (Å²) in [4.78, 5) is 26.4. The Kier molecular flexibility index (Phi) is 4.16. The van der Waals surface area contributed by atoms with Crippen molar-refractivity contribution in [3.05, 3.63) is 0 Å². The first kappa shape index (κ1) is 14.4. The minimum Gasteiger partial charge on any atom is -0.458 e. The van der Waals surface area contributed by atoms with E-state index in [1.807, 2.05) is 20.8 Å². The Hall–Kier alpha value is -1.06. The summed E-state index contributed by atoms with van der Waals surface area (Å²) in [5.74, 6) is 0.0743. The van der Waals surface area contributed by atoms with Crippen LogP contribution in [0, 0.1) is 5.92 Å². The minimum atomic E-state index is -0.484. The molecule has 1 atom stereocenters. The lowest BCUT2D eigenvalue weighted by molar-refractivity contribution is -0.163. The summed E-state index contributed by atoms with van der Waals surface area (Å²) < 4.78 is 5.43. The molecule has 2 aliphatic rings. The van der Waals surface area contributed by atoms with Crippen LogP contribution in [0.25, 0.3) is 0 Å². The van der Waals surface area contributed by atoms with Gasteiger partial charge in [-0.3, -0.25) is 4.79 Å². The second-order valence-electron chi connectivity index (χ2n) is 6.70. The van der Waals surface area contributed by atoms with Crippen molar-refractivity contribution in [3.63, 3.8) is 0 Å². The fourth-order valence-corrected chi connectivity index (χ4v) is 3.05. The molecule has 0 N–H and O–H groups in total. The van der Waals surface area contributed by atoms with E-state index in [1.165, 1.54) is 0 Å². The highest BCUT2D eigenvalue weighted by Crippen LogP contribution is 2.30. The number of hydrogen-bond acceptors (Lipinski definition) is 3. The van der Waals surface area contributed by atoms with Crippen LogP contribution in [0.3, 0.4) is 0 Å². The summed E-state index contributed by atoms with van der Waals surface area (Å²) in [6, 6.07) is -0.354. The molecule has 1 aliphatic heterocycles. The van der Waals surface area contributed by atoms with E-state index in [0.717, 1.165) is 38.5 Å². The van der Waals surface area contributed by atoms with Crippen molar-refractivity contribution < 1.29 is 14.3 Å². The molecule has 0 aromatic rings. The van der Waals surface area contributed by atoms with Crippen LogP contribution in [0.2, 0.25) is 0 Å². The van der Waals surface area contributed by atoms with Gasteiger partial charge >= 0.3 is 5.97 Å². The number of hydrogen-bond donors (Lipinski definition) is 0. The van der Waals surface area contributed by atoms with Crippen LogP contribution in [0.1, 0.15) is 59.3 Å². The topological polar surface area (TPSA) is 46.6 Å². The SMILES string of the molecule is CC(C)(C)OC(=O)[C@H]1CCCN1C(=O)C1CCCC1. The first-order valence-corrected chi connectivity index (χ1v) is 7.42. The third kappa shape index (κ3) is 3.48. The van der Waals surface area contributed by atoms with E-state index in [2.05, 4.69) is 0 Å². The highest BCUT2D eigenvalue weighted by atomic mass is 16.6. The average molecular weight is 267 g/mol. The molecular weight excluding hydrogens is 242 g/mol. The third-order valence-corrected chi connectivity index (χ3v) is 3.92. The zero-order valence-corrected chi connectivity index (χ0v) is 12.3. The number of rotatable bonds is 2. The molecule has 0 bridgehead atoms. The van der Waals surface area contributed by atoms with E-state index in [4.69, 9.17) is 4.74 Å². The zero-order chi connectivity index (χ0) is 14.0. The van der Waals surface area contributed by atoms with Crippen LogP contribution in [0.15, 0.2) is 0 Å². The molecule has 1 heterocycles. The number of nitrogens with zero attached hydrogens (tertiary/aromatic N) is 1. The molecule has 0 aromatic carbocycles. The Morgan fingerprint density at radius 1 is 1.05 bits per heavy atom. The van der Waals surface area contributed by atoms with Gasteiger partial charge in [-0.15, -0.1) is 0 Å². The molecule has 2 fully saturated rings. The number of esters is 1. The van der Waals surface area contributed by atoms with Crippen LogP contribution in [-0.4, -0.2) is 35.0 Å². The van der Waals surface area contributed by atoms with Gasteiger partial charge in [-0.25, -0.2) is 4.79 Å². The molecule has 0 spiro atoms. The average Bonchev–Trinajstić information content (AvgIpc) is 2.97.